The highest BCUT2D eigenvalue weighted by atomic mass is 16.4. The van der Waals surface area contributed by atoms with Crippen LogP contribution >= 0.6 is 0 Å². The summed E-state index contributed by atoms with van der Waals surface area (Å²) in [6.45, 7) is 19.4. The number of carboxylic acids is 1. The summed E-state index contributed by atoms with van der Waals surface area (Å²) < 4.78 is 0. The van der Waals surface area contributed by atoms with Crippen LogP contribution in [0.25, 0.3) is 0 Å². The van der Waals surface area contributed by atoms with Crippen molar-refractivity contribution in [2.75, 3.05) is 0 Å². The van der Waals surface area contributed by atoms with Gasteiger partial charge < -0.3 is 10.4 Å². The van der Waals surface area contributed by atoms with Crippen molar-refractivity contribution >= 4 is 11.9 Å². The largest absolute Gasteiger partial charge is 0.481 e. The smallest absolute Gasteiger partial charge is 0.303 e. The zero-order valence-electron chi connectivity index (χ0n) is 19.8. The summed E-state index contributed by atoms with van der Waals surface area (Å²) in [7, 11) is 0. The second-order valence-corrected chi connectivity index (χ2v) is 11.6. The number of hydrogen-bond donors (Lipinski definition) is 2. The highest BCUT2D eigenvalue weighted by Crippen LogP contribution is 2.43. The third-order valence-corrected chi connectivity index (χ3v) is 5.27. The maximum Gasteiger partial charge on any atom is 0.303 e. The third kappa shape index (κ3) is 9.01. The fourth-order valence-corrected chi connectivity index (χ4v) is 4.08. The summed E-state index contributed by atoms with van der Waals surface area (Å²) in [6, 6.07) is 7.97. The number of hydrogen-bond acceptors (Lipinski definition) is 2. The Kier molecular flexibility index (Phi) is 8.09. The van der Waals surface area contributed by atoms with E-state index in [1.54, 1.807) is 0 Å². The molecule has 0 saturated carbocycles. The summed E-state index contributed by atoms with van der Waals surface area (Å²) in [5.41, 5.74) is 1.80. The summed E-state index contributed by atoms with van der Waals surface area (Å²) in [4.78, 5) is 23.6. The molecule has 1 aromatic rings. The first kappa shape index (κ1) is 25.2. The Hall–Kier alpha value is -1.84. The lowest BCUT2D eigenvalue weighted by Gasteiger charge is -2.36. The van der Waals surface area contributed by atoms with Gasteiger partial charge in [0.2, 0.25) is 0 Å². The summed E-state index contributed by atoms with van der Waals surface area (Å²) in [5, 5.41) is 12.0. The van der Waals surface area contributed by atoms with Gasteiger partial charge in [-0.05, 0) is 67.1 Å². The number of nitrogens with one attached hydrogen (secondary N) is 1. The number of carboxylic acid groups (broad SMARTS) is 1. The van der Waals surface area contributed by atoms with Crippen molar-refractivity contribution in [3.63, 3.8) is 0 Å². The minimum atomic E-state index is -0.807. The van der Waals surface area contributed by atoms with Crippen LogP contribution < -0.4 is 5.32 Å². The van der Waals surface area contributed by atoms with Crippen LogP contribution in [0.1, 0.15) is 103 Å². The molecule has 0 aliphatic heterocycles. The van der Waals surface area contributed by atoms with Crippen LogP contribution in [-0.4, -0.2) is 22.5 Å². The summed E-state index contributed by atoms with van der Waals surface area (Å²) >= 11 is 0. The lowest BCUT2D eigenvalue weighted by atomic mass is 9.69. The van der Waals surface area contributed by atoms with Crippen molar-refractivity contribution in [3.8, 4) is 0 Å². The zero-order valence-corrected chi connectivity index (χ0v) is 19.8. The molecule has 164 valence electrons. The molecule has 2 atom stereocenters. The van der Waals surface area contributed by atoms with Crippen LogP contribution in [0.2, 0.25) is 0 Å². The highest BCUT2D eigenvalue weighted by molar-refractivity contribution is 5.94. The van der Waals surface area contributed by atoms with Crippen LogP contribution in [-0.2, 0) is 4.79 Å². The Morgan fingerprint density at radius 2 is 1.45 bits per heavy atom. The van der Waals surface area contributed by atoms with Crippen LogP contribution in [0.3, 0.4) is 0 Å². The van der Waals surface area contributed by atoms with E-state index in [-0.39, 0.29) is 29.1 Å². The molecule has 1 rings (SSSR count). The van der Waals surface area contributed by atoms with Gasteiger partial charge in [0.15, 0.2) is 0 Å². The van der Waals surface area contributed by atoms with Crippen molar-refractivity contribution in [2.45, 2.75) is 93.0 Å². The predicted molar refractivity (Wildman–Crippen MR) is 120 cm³/mol. The Morgan fingerprint density at radius 1 is 0.931 bits per heavy atom. The molecule has 0 aliphatic carbocycles. The molecule has 29 heavy (non-hydrogen) atoms. The molecule has 0 bridgehead atoms. The molecule has 2 N–H and O–H groups in total. The highest BCUT2D eigenvalue weighted by Gasteiger charge is 2.30. The number of benzene rings is 1. The lowest BCUT2D eigenvalue weighted by Crippen LogP contribution is -2.44. The Labute approximate surface area is 177 Å². The summed E-state index contributed by atoms with van der Waals surface area (Å²) in [6.07, 6.45) is 1.80. The average molecular weight is 404 g/mol. The molecule has 4 nitrogen and oxygen atoms in total. The molecule has 2 unspecified atom stereocenters. The molecule has 0 fully saturated rings. The van der Waals surface area contributed by atoms with E-state index in [9.17, 15) is 9.59 Å². The van der Waals surface area contributed by atoms with Gasteiger partial charge in [-0.3, -0.25) is 9.59 Å². The molecule has 0 aromatic heterocycles. The number of rotatable bonds is 8. The van der Waals surface area contributed by atoms with Crippen LogP contribution in [0.4, 0.5) is 0 Å². The first-order valence-corrected chi connectivity index (χ1v) is 10.6. The van der Waals surface area contributed by atoms with E-state index in [0.29, 0.717) is 17.9 Å². The van der Waals surface area contributed by atoms with Gasteiger partial charge >= 0.3 is 5.97 Å². The fourth-order valence-electron chi connectivity index (χ4n) is 4.08. The maximum absolute atomic E-state index is 12.7. The van der Waals surface area contributed by atoms with Gasteiger partial charge in [-0.25, -0.2) is 0 Å². The molecular formula is C25H41NO3. The second kappa shape index (κ2) is 9.32. The molecular weight excluding hydrogens is 362 g/mol. The Balaban J connectivity index is 2.91. The van der Waals surface area contributed by atoms with Crippen molar-refractivity contribution in [1.29, 1.82) is 0 Å². The van der Waals surface area contributed by atoms with Gasteiger partial charge in [-0.1, -0.05) is 60.6 Å². The monoisotopic (exact) mass is 403 g/mol. The van der Waals surface area contributed by atoms with Gasteiger partial charge in [0.05, 0.1) is 0 Å². The normalized spacial score (nSPS) is 14.9. The van der Waals surface area contributed by atoms with E-state index < -0.39 is 11.5 Å². The zero-order chi connectivity index (χ0) is 22.6. The number of amides is 1. The SMILES string of the molecule is CC(CC(=O)O)CC(C)(C)NC(=O)c1ccc(C(CC(C)(C)C)C(C)(C)C)cc1. The molecule has 0 heterocycles. The van der Waals surface area contributed by atoms with Gasteiger partial charge in [0.25, 0.3) is 5.91 Å². The summed E-state index contributed by atoms with van der Waals surface area (Å²) in [5.74, 6) is -0.519. The van der Waals surface area contributed by atoms with Gasteiger partial charge in [-0.2, -0.15) is 0 Å². The third-order valence-electron chi connectivity index (χ3n) is 5.27. The van der Waals surface area contributed by atoms with E-state index in [0.717, 1.165) is 6.42 Å². The average Bonchev–Trinajstić information content (AvgIpc) is 2.49. The first-order valence-electron chi connectivity index (χ1n) is 10.6. The van der Waals surface area contributed by atoms with Gasteiger partial charge in [-0.15, -0.1) is 0 Å². The molecule has 1 amide bonds. The van der Waals surface area contributed by atoms with Crippen LogP contribution in [0.5, 0.6) is 0 Å². The van der Waals surface area contributed by atoms with Crippen LogP contribution in [0.15, 0.2) is 24.3 Å². The van der Waals surface area contributed by atoms with Crippen molar-refractivity contribution in [3.05, 3.63) is 35.4 Å². The lowest BCUT2D eigenvalue weighted by molar-refractivity contribution is -0.138. The van der Waals surface area contributed by atoms with Crippen molar-refractivity contribution < 1.29 is 14.7 Å². The quantitative estimate of drug-likeness (QED) is 0.538. The predicted octanol–water partition coefficient (Wildman–Crippen LogP) is 6.26. The van der Waals surface area contributed by atoms with E-state index in [2.05, 4.69) is 59.0 Å². The fraction of sp³-hybridized carbons (Fsp3) is 0.680. The molecule has 1 aromatic carbocycles. The van der Waals surface area contributed by atoms with Gasteiger partial charge in [0, 0.05) is 17.5 Å². The number of aliphatic carboxylic acids is 1. The topological polar surface area (TPSA) is 66.4 Å². The molecule has 0 radical (unpaired) electrons. The van der Waals surface area contributed by atoms with E-state index in [1.165, 1.54) is 5.56 Å². The Morgan fingerprint density at radius 3 is 1.86 bits per heavy atom. The molecule has 0 spiro atoms. The first-order chi connectivity index (χ1) is 13.0. The van der Waals surface area contributed by atoms with E-state index >= 15 is 0 Å². The number of carbonyl (C=O) groups excluding carboxylic acids is 1. The van der Waals surface area contributed by atoms with Crippen LogP contribution in [0, 0.1) is 16.7 Å². The standard InChI is InChI=1S/C25H41NO3/c1-17(14-21(27)28)15-25(8,9)26-22(29)19-12-10-18(11-13-19)20(24(5,6)7)16-23(2,3)4/h10-13,17,20H,14-16H2,1-9H3,(H,26,29)(H,27,28). The molecule has 0 aliphatic rings. The van der Waals surface area contributed by atoms with Crippen molar-refractivity contribution in [1.82, 2.24) is 5.32 Å². The molecule has 4 heteroatoms. The Bertz CT molecular complexity index is 690. The van der Waals surface area contributed by atoms with Gasteiger partial charge in [0.1, 0.15) is 0 Å². The van der Waals surface area contributed by atoms with E-state index in [4.69, 9.17) is 5.11 Å². The van der Waals surface area contributed by atoms with Crippen molar-refractivity contribution in [2.24, 2.45) is 16.7 Å². The maximum atomic E-state index is 12.7. The molecule has 0 saturated heterocycles. The number of carbonyl (C=O) groups is 2. The second-order valence-electron chi connectivity index (χ2n) is 11.6. The minimum absolute atomic E-state index is 0.00452. The van der Waals surface area contributed by atoms with E-state index in [1.807, 2.05) is 32.9 Å². The minimum Gasteiger partial charge on any atom is -0.481 e.